The molecule has 10 nitrogen and oxygen atoms in total. The largest absolute Gasteiger partial charge is 0.472 e. The minimum absolute atomic E-state index is 0.104. The Morgan fingerprint density at radius 3 is 2.74 bits per heavy atom. The normalized spacial score (nSPS) is 21.6. The van der Waals surface area contributed by atoms with E-state index in [1.807, 2.05) is 13.8 Å². The van der Waals surface area contributed by atoms with Gasteiger partial charge in [-0.25, -0.2) is 8.42 Å². The number of likely N-dealkylation sites (tertiary alicyclic amines) is 1. The lowest BCUT2D eigenvalue weighted by Crippen LogP contribution is -2.53. The average molecular weight is 489 g/mol. The molecule has 0 aliphatic carbocycles. The van der Waals surface area contributed by atoms with Gasteiger partial charge in [-0.05, 0) is 36.5 Å². The highest BCUT2D eigenvalue weighted by molar-refractivity contribution is 7.88. The van der Waals surface area contributed by atoms with E-state index < -0.39 is 34.1 Å². The summed E-state index contributed by atoms with van der Waals surface area (Å²) in [6.07, 6.45) is 6.45. The van der Waals surface area contributed by atoms with Gasteiger partial charge < -0.3 is 14.6 Å². The maximum atomic E-state index is 13.5. The lowest BCUT2D eigenvalue weighted by molar-refractivity contribution is -0.138. The molecule has 4 rings (SSSR count). The molecule has 0 radical (unpaired) electrons. The van der Waals surface area contributed by atoms with Crippen LogP contribution in [0.4, 0.5) is 0 Å². The average Bonchev–Trinajstić information content (AvgIpc) is 3.52. The second-order valence-corrected chi connectivity index (χ2v) is 11.1. The molecule has 2 amide bonds. The highest BCUT2D eigenvalue weighted by atomic mass is 32.2. The lowest BCUT2D eigenvalue weighted by Gasteiger charge is -2.29. The molecule has 2 aromatic rings. The predicted octanol–water partition coefficient (Wildman–Crippen LogP) is 1.20. The molecule has 34 heavy (non-hydrogen) atoms. The number of furan rings is 1. The van der Waals surface area contributed by atoms with Gasteiger partial charge in [0.05, 0.1) is 30.2 Å². The van der Waals surface area contributed by atoms with Crippen LogP contribution in [0.1, 0.15) is 42.6 Å². The number of carbonyl (C=O) groups excluding carboxylic acids is 3. The van der Waals surface area contributed by atoms with Gasteiger partial charge in [-0.15, -0.1) is 0 Å². The van der Waals surface area contributed by atoms with Gasteiger partial charge in [0.2, 0.25) is 15.9 Å². The number of Topliss-reactive ketones (excluding diaryl/α,β-unsaturated/α-hetero) is 1. The lowest BCUT2D eigenvalue weighted by atomic mass is 10.0. The van der Waals surface area contributed by atoms with Crippen LogP contribution >= 0.6 is 0 Å². The zero-order chi connectivity index (χ0) is 24.5. The molecule has 3 atom stereocenters. The van der Waals surface area contributed by atoms with Gasteiger partial charge >= 0.3 is 0 Å². The molecule has 4 heterocycles. The van der Waals surface area contributed by atoms with Crippen LogP contribution < -0.4 is 5.32 Å². The van der Waals surface area contributed by atoms with Crippen molar-refractivity contribution in [2.45, 2.75) is 50.6 Å². The molecular weight excluding hydrogens is 460 g/mol. The number of sulfonamides is 1. The SMILES string of the molecule is CC(C)CC(NC(=O)c1ccoc1)C(=O)N1CCC2C1C(=O)CN2S(=O)(=O)Cc1cccnc1. The molecule has 11 heteroatoms. The highest BCUT2D eigenvalue weighted by Gasteiger charge is 2.54. The van der Waals surface area contributed by atoms with E-state index in [1.54, 1.807) is 18.3 Å². The zero-order valence-corrected chi connectivity index (χ0v) is 19.9. The van der Waals surface area contributed by atoms with Gasteiger partial charge in [-0.3, -0.25) is 19.4 Å². The van der Waals surface area contributed by atoms with Crippen LogP contribution in [0.3, 0.4) is 0 Å². The topological polar surface area (TPSA) is 130 Å². The summed E-state index contributed by atoms with van der Waals surface area (Å²) in [4.78, 5) is 44.4. The molecule has 182 valence electrons. The van der Waals surface area contributed by atoms with Crippen LogP contribution in [0.5, 0.6) is 0 Å². The Labute approximate surface area is 198 Å². The minimum Gasteiger partial charge on any atom is -0.472 e. The van der Waals surface area contributed by atoms with Crippen molar-refractivity contribution in [3.8, 4) is 0 Å². The first-order valence-electron chi connectivity index (χ1n) is 11.2. The molecule has 2 aliphatic rings. The Bertz CT molecular complexity index is 1150. The van der Waals surface area contributed by atoms with Gasteiger partial charge in [0.1, 0.15) is 18.3 Å². The summed E-state index contributed by atoms with van der Waals surface area (Å²) in [5, 5.41) is 2.76. The van der Waals surface area contributed by atoms with Crippen molar-refractivity contribution < 1.29 is 27.2 Å². The number of ketones is 1. The summed E-state index contributed by atoms with van der Waals surface area (Å²) in [5.41, 5.74) is 0.828. The van der Waals surface area contributed by atoms with E-state index in [9.17, 15) is 22.8 Å². The Balaban J connectivity index is 1.51. The maximum Gasteiger partial charge on any atom is 0.255 e. The summed E-state index contributed by atoms with van der Waals surface area (Å²) in [6.45, 7) is 3.85. The number of pyridine rings is 1. The van der Waals surface area contributed by atoms with Crippen molar-refractivity contribution >= 4 is 27.6 Å². The fourth-order valence-corrected chi connectivity index (χ4v) is 6.40. The number of hydrogen-bond donors (Lipinski definition) is 1. The molecule has 3 unspecified atom stereocenters. The number of aromatic nitrogens is 1. The molecule has 0 aromatic carbocycles. The van der Waals surface area contributed by atoms with Crippen molar-refractivity contribution in [1.82, 2.24) is 19.5 Å². The zero-order valence-electron chi connectivity index (χ0n) is 19.1. The van der Waals surface area contributed by atoms with Crippen LogP contribution in [0, 0.1) is 5.92 Å². The van der Waals surface area contributed by atoms with Crippen molar-refractivity contribution in [3.63, 3.8) is 0 Å². The number of fused-ring (bicyclic) bond motifs is 1. The first-order valence-corrected chi connectivity index (χ1v) is 12.8. The molecule has 2 aromatic heterocycles. The van der Waals surface area contributed by atoms with Gasteiger partial charge in [0, 0.05) is 18.9 Å². The van der Waals surface area contributed by atoms with Crippen LogP contribution in [-0.2, 0) is 25.4 Å². The Morgan fingerprint density at radius 1 is 1.29 bits per heavy atom. The quantitative estimate of drug-likeness (QED) is 0.591. The van der Waals surface area contributed by atoms with Crippen molar-refractivity contribution in [3.05, 3.63) is 54.2 Å². The number of rotatable bonds is 8. The number of nitrogens with zero attached hydrogens (tertiary/aromatic N) is 3. The van der Waals surface area contributed by atoms with Crippen molar-refractivity contribution in [2.75, 3.05) is 13.1 Å². The smallest absolute Gasteiger partial charge is 0.255 e. The third-order valence-electron chi connectivity index (χ3n) is 6.18. The molecule has 2 saturated heterocycles. The van der Waals surface area contributed by atoms with Crippen molar-refractivity contribution in [1.29, 1.82) is 0 Å². The van der Waals surface area contributed by atoms with Gasteiger partial charge in [-0.2, -0.15) is 4.31 Å². The molecule has 0 bridgehead atoms. The summed E-state index contributed by atoms with van der Waals surface area (Å²) < 4.78 is 32.4. The molecule has 1 N–H and O–H groups in total. The van der Waals surface area contributed by atoms with E-state index in [0.717, 1.165) is 0 Å². The Morgan fingerprint density at radius 2 is 2.09 bits per heavy atom. The maximum absolute atomic E-state index is 13.5. The van der Waals surface area contributed by atoms with Crippen LogP contribution in [0.25, 0.3) is 0 Å². The number of amides is 2. The minimum atomic E-state index is -3.78. The van der Waals surface area contributed by atoms with Gasteiger partial charge in [0.15, 0.2) is 5.78 Å². The van der Waals surface area contributed by atoms with Crippen LogP contribution in [0.15, 0.2) is 47.5 Å². The molecule has 2 aliphatic heterocycles. The molecule has 0 spiro atoms. The fraction of sp³-hybridized carbons (Fsp3) is 0.478. The van der Waals surface area contributed by atoms with Gasteiger partial charge in [0.25, 0.3) is 5.91 Å². The standard InChI is InChI=1S/C23H28N4O6S/c1-15(2)10-18(25-22(29)17-6-9-33-13-17)23(30)26-8-5-19-21(26)20(28)12-27(19)34(31,32)14-16-4-3-7-24-11-16/h3-4,6-7,9,11,13,15,18-19,21H,5,8,10,12,14H2,1-2H3,(H,25,29). The summed E-state index contributed by atoms with van der Waals surface area (Å²) >= 11 is 0. The molecule has 2 fully saturated rings. The second kappa shape index (κ2) is 9.67. The van der Waals surface area contributed by atoms with E-state index >= 15 is 0 Å². The second-order valence-electron chi connectivity index (χ2n) is 9.13. The number of carbonyl (C=O) groups is 3. The Kier molecular flexibility index (Phi) is 6.85. The van der Waals surface area contributed by atoms with E-state index in [1.165, 1.54) is 34.0 Å². The number of nitrogens with one attached hydrogen (secondary N) is 1. The van der Waals surface area contributed by atoms with E-state index in [4.69, 9.17) is 4.42 Å². The fourth-order valence-electron chi connectivity index (χ4n) is 4.69. The predicted molar refractivity (Wildman–Crippen MR) is 122 cm³/mol. The highest BCUT2D eigenvalue weighted by Crippen LogP contribution is 2.33. The molecular formula is C23H28N4O6S. The monoisotopic (exact) mass is 488 g/mol. The summed E-state index contributed by atoms with van der Waals surface area (Å²) in [7, 11) is -3.78. The molecule has 0 saturated carbocycles. The van der Waals surface area contributed by atoms with Crippen LogP contribution in [-0.4, -0.2) is 71.4 Å². The van der Waals surface area contributed by atoms with E-state index in [-0.39, 0.29) is 36.5 Å². The van der Waals surface area contributed by atoms with Crippen molar-refractivity contribution in [2.24, 2.45) is 5.92 Å². The first-order chi connectivity index (χ1) is 16.2. The van der Waals surface area contributed by atoms with E-state index in [0.29, 0.717) is 24.0 Å². The summed E-state index contributed by atoms with van der Waals surface area (Å²) in [5.74, 6) is -1.29. The number of hydrogen-bond acceptors (Lipinski definition) is 7. The van der Waals surface area contributed by atoms with Crippen LogP contribution in [0.2, 0.25) is 0 Å². The third-order valence-corrected chi connectivity index (χ3v) is 8.00. The van der Waals surface area contributed by atoms with Gasteiger partial charge in [-0.1, -0.05) is 19.9 Å². The summed E-state index contributed by atoms with van der Waals surface area (Å²) in [6, 6.07) is 2.53. The van der Waals surface area contributed by atoms with E-state index in [2.05, 4.69) is 10.3 Å². The Hall–Kier alpha value is -3.05. The first kappa shape index (κ1) is 24.1. The third kappa shape index (κ3) is 4.90.